The Bertz CT molecular complexity index is 945. The van der Waals surface area contributed by atoms with Gasteiger partial charge >= 0.3 is 5.97 Å². The lowest BCUT2D eigenvalue weighted by Crippen LogP contribution is -2.50. The number of carbonyl (C=O) groups excluding carboxylic acids is 2. The Morgan fingerprint density at radius 2 is 1.81 bits per heavy atom. The second kappa shape index (κ2) is 11.4. The Morgan fingerprint density at radius 1 is 1.08 bits per heavy atom. The number of hydrogen-bond acceptors (Lipinski definition) is 6. The second-order valence-electron chi connectivity index (χ2n) is 12.0. The van der Waals surface area contributed by atoms with Gasteiger partial charge in [0.05, 0.1) is 19.3 Å². The van der Waals surface area contributed by atoms with E-state index in [2.05, 4.69) is 15.9 Å². The zero-order chi connectivity index (χ0) is 26.0. The maximum Gasteiger partial charge on any atom is 0.337 e. The molecule has 5 rings (SSSR count). The zero-order valence-corrected chi connectivity index (χ0v) is 22.8. The van der Waals surface area contributed by atoms with Crippen molar-refractivity contribution in [1.82, 2.24) is 9.80 Å². The summed E-state index contributed by atoms with van der Waals surface area (Å²) in [6, 6.07) is 9.03. The van der Waals surface area contributed by atoms with E-state index in [1.54, 1.807) is 0 Å². The van der Waals surface area contributed by atoms with Crippen molar-refractivity contribution in [2.45, 2.75) is 102 Å². The van der Waals surface area contributed by atoms with Crippen LogP contribution in [0.3, 0.4) is 0 Å². The smallest absolute Gasteiger partial charge is 0.337 e. The van der Waals surface area contributed by atoms with Gasteiger partial charge in [-0.05, 0) is 81.9 Å². The Morgan fingerprint density at radius 3 is 2.46 bits per heavy atom. The first-order chi connectivity index (χ1) is 17.8. The quantitative estimate of drug-likeness (QED) is 0.469. The van der Waals surface area contributed by atoms with Crippen LogP contribution in [0, 0.1) is 5.92 Å². The van der Waals surface area contributed by atoms with Crippen LogP contribution in [0.15, 0.2) is 24.3 Å². The lowest BCUT2D eigenvalue weighted by atomic mass is 9.84. The van der Waals surface area contributed by atoms with Gasteiger partial charge in [0.2, 0.25) is 0 Å². The van der Waals surface area contributed by atoms with Crippen molar-refractivity contribution in [3.8, 4) is 0 Å². The van der Waals surface area contributed by atoms with E-state index in [1.165, 1.54) is 57.6 Å². The van der Waals surface area contributed by atoms with Gasteiger partial charge in [-0.3, -0.25) is 9.69 Å². The van der Waals surface area contributed by atoms with Crippen LogP contribution in [-0.4, -0.2) is 79.0 Å². The van der Waals surface area contributed by atoms with E-state index in [-0.39, 0.29) is 11.9 Å². The minimum Gasteiger partial charge on any atom is -0.465 e. The van der Waals surface area contributed by atoms with Crippen molar-refractivity contribution in [2.75, 3.05) is 33.4 Å². The van der Waals surface area contributed by atoms with E-state index in [1.807, 2.05) is 32.0 Å². The Balaban J connectivity index is 1.22. The Hall–Kier alpha value is -1.96. The molecule has 1 aliphatic carbocycles. The number of hydrogen-bond donors (Lipinski definition) is 0. The first kappa shape index (κ1) is 26.6. The molecule has 1 aromatic rings. The van der Waals surface area contributed by atoms with E-state index < -0.39 is 11.9 Å². The van der Waals surface area contributed by atoms with Crippen LogP contribution in [0.1, 0.15) is 93.5 Å². The number of carbonyl (C=O) groups is 2. The molecule has 204 valence electrons. The van der Waals surface area contributed by atoms with Crippen LogP contribution in [-0.2, 0) is 19.0 Å². The normalized spacial score (nSPS) is 29.8. The summed E-state index contributed by atoms with van der Waals surface area (Å²) in [6.45, 7) is 6.62. The Kier molecular flexibility index (Phi) is 8.22. The van der Waals surface area contributed by atoms with Crippen molar-refractivity contribution in [3.63, 3.8) is 0 Å². The summed E-state index contributed by atoms with van der Waals surface area (Å²) < 4.78 is 16.6. The third-order valence-corrected chi connectivity index (χ3v) is 9.09. The van der Waals surface area contributed by atoms with Gasteiger partial charge in [0.1, 0.15) is 0 Å². The topological polar surface area (TPSA) is 68.3 Å². The van der Waals surface area contributed by atoms with Gasteiger partial charge in [0, 0.05) is 31.7 Å². The fourth-order valence-corrected chi connectivity index (χ4v) is 7.17. The zero-order valence-electron chi connectivity index (χ0n) is 22.8. The third kappa shape index (κ3) is 6.21. The molecule has 2 bridgehead atoms. The van der Waals surface area contributed by atoms with E-state index in [0.29, 0.717) is 36.1 Å². The molecule has 1 amide bonds. The predicted molar refractivity (Wildman–Crippen MR) is 141 cm³/mol. The second-order valence-corrected chi connectivity index (χ2v) is 12.0. The third-order valence-electron chi connectivity index (χ3n) is 9.09. The van der Waals surface area contributed by atoms with E-state index in [0.717, 1.165) is 32.5 Å². The van der Waals surface area contributed by atoms with Crippen LogP contribution in [0.5, 0.6) is 0 Å². The standard InChI is InChI=1S/C30H44N2O5/c1-30(2)36-20-27(37-30)28(33)31(19-21-8-5-4-6-9-21)14-15-32-25-12-13-26(32)18-24(17-25)22-10-7-11-23(16-22)29(34)35-3/h7,10-11,16,21,24-27H,4-6,8-9,12-15,17-20H2,1-3H3/t24?,25-,26+,27-/m0/s1. The molecule has 4 fully saturated rings. The molecule has 3 saturated heterocycles. The molecule has 7 nitrogen and oxygen atoms in total. The molecule has 0 N–H and O–H groups in total. The molecule has 0 radical (unpaired) electrons. The average molecular weight is 513 g/mol. The summed E-state index contributed by atoms with van der Waals surface area (Å²) in [4.78, 5) is 30.4. The summed E-state index contributed by atoms with van der Waals surface area (Å²) in [5, 5.41) is 0. The van der Waals surface area contributed by atoms with Crippen molar-refractivity contribution in [2.24, 2.45) is 5.92 Å². The summed E-state index contributed by atoms with van der Waals surface area (Å²) in [5.41, 5.74) is 1.88. The molecule has 1 saturated carbocycles. The largest absolute Gasteiger partial charge is 0.465 e. The van der Waals surface area contributed by atoms with Crippen molar-refractivity contribution < 1.29 is 23.8 Å². The van der Waals surface area contributed by atoms with Gasteiger partial charge in [-0.25, -0.2) is 4.79 Å². The maximum absolute atomic E-state index is 13.6. The number of rotatable bonds is 8. The lowest BCUT2D eigenvalue weighted by Gasteiger charge is -2.41. The molecular weight excluding hydrogens is 468 g/mol. The monoisotopic (exact) mass is 512 g/mol. The van der Waals surface area contributed by atoms with Gasteiger partial charge in [0.15, 0.2) is 11.9 Å². The molecule has 3 heterocycles. The van der Waals surface area contributed by atoms with Crippen molar-refractivity contribution in [3.05, 3.63) is 35.4 Å². The summed E-state index contributed by atoms with van der Waals surface area (Å²) in [7, 11) is 1.43. The number of nitrogens with zero attached hydrogens (tertiary/aromatic N) is 2. The average Bonchev–Trinajstić information content (AvgIpc) is 3.39. The van der Waals surface area contributed by atoms with Crippen molar-refractivity contribution in [1.29, 1.82) is 0 Å². The number of benzene rings is 1. The van der Waals surface area contributed by atoms with Crippen molar-refractivity contribution >= 4 is 11.9 Å². The number of amides is 1. The minimum absolute atomic E-state index is 0.0954. The number of piperidine rings is 1. The maximum atomic E-state index is 13.6. The van der Waals surface area contributed by atoms with E-state index in [9.17, 15) is 9.59 Å². The molecule has 7 heteroatoms. The van der Waals surface area contributed by atoms with Gasteiger partial charge in [-0.2, -0.15) is 0 Å². The summed E-state index contributed by atoms with van der Waals surface area (Å²) in [5.74, 6) is 0.188. The van der Waals surface area contributed by atoms with Crippen LogP contribution in [0.25, 0.3) is 0 Å². The molecule has 3 aliphatic heterocycles. The van der Waals surface area contributed by atoms with Gasteiger partial charge < -0.3 is 19.1 Å². The fourth-order valence-electron chi connectivity index (χ4n) is 7.17. The van der Waals surface area contributed by atoms with Gasteiger partial charge in [-0.1, -0.05) is 31.4 Å². The van der Waals surface area contributed by atoms with E-state index >= 15 is 0 Å². The molecule has 1 aromatic carbocycles. The highest BCUT2D eigenvalue weighted by Gasteiger charge is 2.43. The van der Waals surface area contributed by atoms with Crippen LogP contribution >= 0.6 is 0 Å². The Labute approximate surface area is 221 Å². The number of fused-ring (bicyclic) bond motifs is 2. The molecule has 4 aliphatic rings. The molecule has 4 atom stereocenters. The molecular formula is C30H44N2O5. The SMILES string of the molecule is COC(=O)c1cccc(C2C[C@H]3CC[C@@H](C2)N3CCN(CC2CCCCC2)C(=O)[C@@H]2COC(C)(C)O2)c1. The lowest BCUT2D eigenvalue weighted by molar-refractivity contribution is -0.161. The first-order valence-corrected chi connectivity index (χ1v) is 14.4. The van der Waals surface area contributed by atoms with Crippen LogP contribution < -0.4 is 0 Å². The molecule has 0 aromatic heterocycles. The predicted octanol–water partition coefficient (Wildman–Crippen LogP) is 4.74. The summed E-state index contributed by atoms with van der Waals surface area (Å²) in [6.07, 6.45) is 10.4. The highest BCUT2D eigenvalue weighted by molar-refractivity contribution is 5.89. The molecule has 1 unspecified atom stereocenters. The number of methoxy groups -OCH3 is 1. The fraction of sp³-hybridized carbons (Fsp3) is 0.733. The highest BCUT2D eigenvalue weighted by atomic mass is 16.7. The molecule has 37 heavy (non-hydrogen) atoms. The number of esters is 1. The van der Waals surface area contributed by atoms with Crippen LogP contribution in [0.4, 0.5) is 0 Å². The highest BCUT2D eigenvalue weighted by Crippen LogP contribution is 2.43. The van der Waals surface area contributed by atoms with Crippen LogP contribution in [0.2, 0.25) is 0 Å². The van der Waals surface area contributed by atoms with Gasteiger partial charge in [0.25, 0.3) is 5.91 Å². The van der Waals surface area contributed by atoms with E-state index in [4.69, 9.17) is 14.2 Å². The molecule has 0 spiro atoms. The summed E-state index contributed by atoms with van der Waals surface area (Å²) >= 11 is 0. The van der Waals surface area contributed by atoms with Gasteiger partial charge in [-0.15, -0.1) is 0 Å². The number of ether oxygens (including phenoxy) is 3. The minimum atomic E-state index is -0.691. The first-order valence-electron chi connectivity index (χ1n) is 14.4.